The zero-order valence-electron chi connectivity index (χ0n) is 9.28. The number of nitrogens with zero attached hydrogens (tertiary/aromatic N) is 4. The molecule has 2 heterocycles. The van der Waals surface area contributed by atoms with Gasteiger partial charge in [-0.2, -0.15) is 0 Å². The first kappa shape index (κ1) is 12.3. The molecule has 8 nitrogen and oxygen atoms in total. The molecule has 18 heavy (non-hydrogen) atoms. The third kappa shape index (κ3) is 2.76. The van der Waals surface area contributed by atoms with Crippen molar-refractivity contribution >= 4 is 17.7 Å². The van der Waals surface area contributed by atoms with Gasteiger partial charge in [0.25, 0.3) is 5.91 Å². The SMILES string of the molecule is NNC(=O)c1ccc(CSc2nncn2N)nc1. The Kier molecular flexibility index (Phi) is 3.75. The summed E-state index contributed by atoms with van der Waals surface area (Å²) in [4.78, 5) is 15.3. The predicted molar refractivity (Wildman–Crippen MR) is 65.6 cm³/mol. The number of carbonyl (C=O) groups excluding carboxylic acids is 1. The van der Waals surface area contributed by atoms with E-state index in [0.717, 1.165) is 5.69 Å². The van der Waals surface area contributed by atoms with Gasteiger partial charge >= 0.3 is 0 Å². The van der Waals surface area contributed by atoms with E-state index in [9.17, 15) is 4.79 Å². The van der Waals surface area contributed by atoms with E-state index in [1.54, 1.807) is 12.1 Å². The largest absolute Gasteiger partial charge is 0.336 e. The summed E-state index contributed by atoms with van der Waals surface area (Å²) in [5, 5.41) is 8.09. The molecular formula is C9H11N7OS. The highest BCUT2D eigenvalue weighted by atomic mass is 32.2. The number of nitrogen functional groups attached to an aromatic ring is 2. The van der Waals surface area contributed by atoms with Gasteiger partial charge in [-0.25, -0.2) is 10.5 Å². The minimum absolute atomic E-state index is 0.372. The van der Waals surface area contributed by atoms with E-state index in [0.29, 0.717) is 16.5 Å². The van der Waals surface area contributed by atoms with Crippen LogP contribution in [0.2, 0.25) is 0 Å². The molecule has 0 saturated carbocycles. The number of pyridine rings is 1. The van der Waals surface area contributed by atoms with Crippen molar-refractivity contribution in [2.24, 2.45) is 5.84 Å². The molecule has 0 saturated heterocycles. The van der Waals surface area contributed by atoms with Crippen molar-refractivity contribution in [1.82, 2.24) is 25.3 Å². The molecule has 0 radical (unpaired) electrons. The van der Waals surface area contributed by atoms with Crippen molar-refractivity contribution < 1.29 is 4.79 Å². The smallest absolute Gasteiger partial charge is 0.266 e. The van der Waals surface area contributed by atoms with Crippen molar-refractivity contribution in [3.63, 3.8) is 0 Å². The lowest BCUT2D eigenvalue weighted by atomic mass is 10.2. The van der Waals surface area contributed by atoms with Crippen LogP contribution in [-0.2, 0) is 5.75 Å². The van der Waals surface area contributed by atoms with Gasteiger partial charge in [0, 0.05) is 11.9 Å². The molecule has 0 aliphatic rings. The topological polar surface area (TPSA) is 125 Å². The summed E-state index contributed by atoms with van der Waals surface area (Å²) in [5.74, 6) is 10.8. The van der Waals surface area contributed by atoms with Gasteiger partial charge in [0.2, 0.25) is 5.16 Å². The Morgan fingerprint density at radius 2 is 2.33 bits per heavy atom. The molecule has 0 aromatic carbocycles. The van der Waals surface area contributed by atoms with Crippen LogP contribution in [0, 0.1) is 0 Å². The highest BCUT2D eigenvalue weighted by molar-refractivity contribution is 7.98. The van der Waals surface area contributed by atoms with Crippen LogP contribution < -0.4 is 17.1 Å². The van der Waals surface area contributed by atoms with Gasteiger partial charge in [0.15, 0.2) is 0 Å². The van der Waals surface area contributed by atoms with Gasteiger partial charge in [-0.3, -0.25) is 15.2 Å². The van der Waals surface area contributed by atoms with Crippen LogP contribution in [0.25, 0.3) is 0 Å². The summed E-state index contributed by atoms with van der Waals surface area (Å²) < 4.78 is 1.33. The number of amides is 1. The van der Waals surface area contributed by atoms with Crippen molar-refractivity contribution in [2.75, 3.05) is 5.84 Å². The predicted octanol–water partition coefficient (Wildman–Crippen LogP) is -0.717. The minimum atomic E-state index is -0.372. The number of thioether (sulfide) groups is 1. The molecule has 2 rings (SSSR count). The summed E-state index contributed by atoms with van der Waals surface area (Å²) in [5.41, 5.74) is 3.25. The van der Waals surface area contributed by atoms with Gasteiger partial charge in [-0.05, 0) is 12.1 Å². The maximum Gasteiger partial charge on any atom is 0.266 e. The van der Waals surface area contributed by atoms with E-state index in [4.69, 9.17) is 11.7 Å². The molecule has 0 bridgehead atoms. The van der Waals surface area contributed by atoms with E-state index >= 15 is 0 Å². The lowest BCUT2D eigenvalue weighted by Crippen LogP contribution is -2.30. The van der Waals surface area contributed by atoms with Crippen molar-refractivity contribution in [1.29, 1.82) is 0 Å². The van der Waals surface area contributed by atoms with Crippen LogP contribution in [0.1, 0.15) is 16.1 Å². The Hall–Kier alpha value is -2.13. The maximum atomic E-state index is 11.2. The molecule has 0 unspecified atom stereocenters. The van der Waals surface area contributed by atoms with Crippen molar-refractivity contribution in [2.45, 2.75) is 10.9 Å². The number of hydrazine groups is 1. The number of hydrogen-bond acceptors (Lipinski definition) is 7. The van der Waals surface area contributed by atoms with Crippen molar-refractivity contribution in [3.8, 4) is 0 Å². The Bertz CT molecular complexity index is 538. The molecule has 9 heteroatoms. The molecule has 0 aliphatic carbocycles. The average Bonchev–Trinajstić information content (AvgIpc) is 2.81. The molecule has 0 aliphatic heterocycles. The van der Waals surface area contributed by atoms with E-state index in [2.05, 4.69) is 15.2 Å². The molecule has 0 spiro atoms. The molecule has 2 aromatic rings. The van der Waals surface area contributed by atoms with Gasteiger partial charge in [0.05, 0.1) is 11.3 Å². The van der Waals surface area contributed by atoms with E-state index in [-0.39, 0.29) is 5.91 Å². The molecule has 5 N–H and O–H groups in total. The highest BCUT2D eigenvalue weighted by Crippen LogP contribution is 2.17. The van der Waals surface area contributed by atoms with Gasteiger partial charge in [-0.1, -0.05) is 11.8 Å². The first-order valence-corrected chi connectivity index (χ1v) is 5.93. The summed E-state index contributed by atoms with van der Waals surface area (Å²) >= 11 is 1.40. The van der Waals surface area contributed by atoms with Gasteiger partial charge in [0.1, 0.15) is 6.33 Å². The Labute approximate surface area is 107 Å². The minimum Gasteiger partial charge on any atom is -0.336 e. The lowest BCUT2D eigenvalue weighted by Gasteiger charge is -2.02. The van der Waals surface area contributed by atoms with Crippen LogP contribution in [0.15, 0.2) is 29.8 Å². The number of hydrogen-bond donors (Lipinski definition) is 3. The highest BCUT2D eigenvalue weighted by Gasteiger charge is 2.06. The normalized spacial score (nSPS) is 10.3. The number of nitrogens with two attached hydrogens (primary N) is 2. The summed E-state index contributed by atoms with van der Waals surface area (Å²) in [6, 6.07) is 3.40. The molecule has 0 atom stereocenters. The Morgan fingerprint density at radius 1 is 1.50 bits per heavy atom. The average molecular weight is 265 g/mol. The van der Waals surface area contributed by atoms with Crippen LogP contribution in [0.5, 0.6) is 0 Å². The second-order valence-electron chi connectivity index (χ2n) is 3.32. The Morgan fingerprint density at radius 3 is 2.89 bits per heavy atom. The van der Waals surface area contributed by atoms with Crippen molar-refractivity contribution in [3.05, 3.63) is 35.9 Å². The van der Waals surface area contributed by atoms with Crippen LogP contribution in [0.3, 0.4) is 0 Å². The number of nitrogens with one attached hydrogen (secondary N) is 1. The molecular weight excluding hydrogens is 254 g/mol. The monoisotopic (exact) mass is 265 g/mol. The number of carbonyl (C=O) groups is 1. The zero-order chi connectivity index (χ0) is 13.0. The number of rotatable bonds is 4. The Balaban J connectivity index is 1.98. The molecule has 1 amide bonds. The quantitative estimate of drug-likeness (QED) is 0.288. The van der Waals surface area contributed by atoms with Crippen LogP contribution in [-0.4, -0.2) is 25.8 Å². The summed E-state index contributed by atoms with van der Waals surface area (Å²) in [6.45, 7) is 0. The van der Waals surface area contributed by atoms with Crippen LogP contribution in [0.4, 0.5) is 0 Å². The molecule has 0 fully saturated rings. The first-order chi connectivity index (χ1) is 8.70. The zero-order valence-corrected chi connectivity index (χ0v) is 10.1. The van der Waals surface area contributed by atoms with E-state index in [1.807, 2.05) is 5.43 Å². The fourth-order valence-corrected chi connectivity index (χ4v) is 1.95. The van der Waals surface area contributed by atoms with Crippen LogP contribution >= 0.6 is 11.8 Å². The summed E-state index contributed by atoms with van der Waals surface area (Å²) in [6.07, 6.45) is 2.88. The third-order valence-electron chi connectivity index (χ3n) is 2.11. The first-order valence-electron chi connectivity index (χ1n) is 4.94. The summed E-state index contributed by atoms with van der Waals surface area (Å²) in [7, 11) is 0. The maximum absolute atomic E-state index is 11.2. The van der Waals surface area contributed by atoms with E-state index < -0.39 is 0 Å². The fourth-order valence-electron chi connectivity index (χ4n) is 1.20. The lowest BCUT2D eigenvalue weighted by molar-refractivity contribution is 0.0953. The molecule has 2 aromatic heterocycles. The second-order valence-corrected chi connectivity index (χ2v) is 4.26. The number of aromatic nitrogens is 4. The van der Waals surface area contributed by atoms with E-state index in [1.165, 1.54) is 29.0 Å². The standard InChI is InChI=1S/C9H11N7OS/c10-14-8(17)6-1-2-7(12-3-6)4-18-9-15-13-5-16(9)11/h1-3,5H,4,10-11H2,(H,14,17). The van der Waals surface area contributed by atoms with Gasteiger partial charge < -0.3 is 5.84 Å². The third-order valence-corrected chi connectivity index (χ3v) is 3.10. The second kappa shape index (κ2) is 5.47. The molecule has 94 valence electrons. The fraction of sp³-hybridized carbons (Fsp3) is 0.111. The van der Waals surface area contributed by atoms with Gasteiger partial charge in [-0.15, -0.1) is 10.2 Å².